The Morgan fingerprint density at radius 2 is 1.71 bits per heavy atom. The molecule has 2 aliphatic heterocycles. The highest BCUT2D eigenvalue weighted by atomic mass is 32.1. The normalized spacial score (nSPS) is 18.2. The second-order valence-corrected chi connectivity index (χ2v) is 14.7. The molecule has 0 saturated carbocycles. The number of benzene rings is 2. The first-order valence-corrected chi connectivity index (χ1v) is 18.3. The number of carbonyl (C=O) groups is 2. The standard InChI is InChI=1S/C37H37N7O3S2/c1-20(2)31(43-37(46)47-3)36(45)44-15-5-7-30(44)35-39-17-29(42-35)22-10-8-21(9-11-22)24-18-48-33-25(19-49-32(24)33)23-12-13-26-28(16-23)41-34(40-26)27-6-4-14-38-27/h4,6,8-13,16-20,27,30-31,38H,5,7,14-15H2,1-3H3,(H,39,42)(H,40,41)(H,43,46). The summed E-state index contributed by atoms with van der Waals surface area (Å²) in [6.07, 6.45) is 7.20. The number of H-pyrrole nitrogens is 2. The fourth-order valence-electron chi connectivity index (χ4n) is 6.89. The maximum atomic E-state index is 13.5. The fourth-order valence-corrected chi connectivity index (χ4v) is 9.35. The van der Waals surface area contributed by atoms with Crippen molar-refractivity contribution in [2.24, 2.45) is 5.92 Å². The lowest BCUT2D eigenvalue weighted by atomic mass is 10.0. The molecule has 4 N–H and O–H groups in total. The van der Waals surface area contributed by atoms with Crippen LogP contribution >= 0.6 is 22.7 Å². The van der Waals surface area contributed by atoms with Crippen molar-refractivity contribution in [1.82, 2.24) is 35.5 Å². The first kappa shape index (κ1) is 31.5. The van der Waals surface area contributed by atoms with Gasteiger partial charge in [-0.3, -0.25) is 4.79 Å². The number of ether oxygens (including phenoxy) is 1. The number of aromatic amines is 2. The van der Waals surface area contributed by atoms with Crippen LogP contribution in [-0.2, 0) is 9.53 Å². The molecule has 3 atom stereocenters. The number of imidazole rings is 2. The largest absolute Gasteiger partial charge is 0.453 e. The van der Waals surface area contributed by atoms with Crippen molar-refractivity contribution in [3.05, 3.63) is 83.2 Å². The molecule has 6 heterocycles. The van der Waals surface area contributed by atoms with E-state index in [1.807, 2.05) is 24.9 Å². The lowest BCUT2D eigenvalue weighted by molar-refractivity contribution is -0.135. The average Bonchev–Trinajstić information content (AvgIpc) is 3.96. The van der Waals surface area contributed by atoms with Crippen molar-refractivity contribution in [3.63, 3.8) is 0 Å². The van der Waals surface area contributed by atoms with Gasteiger partial charge in [-0.1, -0.05) is 56.3 Å². The van der Waals surface area contributed by atoms with Crippen LogP contribution in [0.2, 0.25) is 0 Å². The predicted molar refractivity (Wildman–Crippen MR) is 196 cm³/mol. The predicted octanol–water partition coefficient (Wildman–Crippen LogP) is 7.81. The molecular formula is C37H37N7O3S2. The molecule has 2 amide bonds. The van der Waals surface area contributed by atoms with Gasteiger partial charge in [-0.25, -0.2) is 14.8 Å². The number of nitrogens with zero attached hydrogens (tertiary/aromatic N) is 3. The van der Waals surface area contributed by atoms with Gasteiger partial charge < -0.3 is 30.2 Å². The SMILES string of the molecule is COC(=O)NC(C(=O)N1CCCC1c1ncc(-c2ccc(-c3csc4c(-c5ccc6nc(C7C=CCN7)[nH]c6c5)csc34)cc2)[nH]1)C(C)C. The Kier molecular flexibility index (Phi) is 8.30. The van der Waals surface area contributed by atoms with Crippen LogP contribution < -0.4 is 10.6 Å². The number of alkyl carbamates (subject to hydrolysis) is 1. The highest BCUT2D eigenvalue weighted by Crippen LogP contribution is 2.44. The van der Waals surface area contributed by atoms with E-state index in [-0.39, 0.29) is 23.9 Å². The second kappa shape index (κ2) is 12.9. The van der Waals surface area contributed by atoms with Gasteiger partial charge in [0.2, 0.25) is 5.91 Å². The van der Waals surface area contributed by atoms with Crippen molar-refractivity contribution >= 4 is 55.1 Å². The van der Waals surface area contributed by atoms with E-state index in [1.54, 1.807) is 22.7 Å². The Bertz CT molecular complexity index is 2190. The Morgan fingerprint density at radius 1 is 0.980 bits per heavy atom. The Morgan fingerprint density at radius 3 is 2.43 bits per heavy atom. The summed E-state index contributed by atoms with van der Waals surface area (Å²) in [5.74, 6) is 1.51. The molecule has 0 spiro atoms. The zero-order valence-corrected chi connectivity index (χ0v) is 29.1. The molecule has 2 aliphatic rings. The van der Waals surface area contributed by atoms with Gasteiger partial charge in [-0.2, -0.15) is 0 Å². The number of thiophene rings is 2. The minimum atomic E-state index is -0.664. The average molecular weight is 692 g/mol. The van der Waals surface area contributed by atoms with E-state index in [0.29, 0.717) is 6.54 Å². The first-order valence-electron chi connectivity index (χ1n) is 16.6. The quantitative estimate of drug-likeness (QED) is 0.121. The van der Waals surface area contributed by atoms with Gasteiger partial charge in [0.15, 0.2) is 0 Å². The van der Waals surface area contributed by atoms with Crippen molar-refractivity contribution in [2.45, 2.75) is 44.8 Å². The molecule has 1 saturated heterocycles. The maximum Gasteiger partial charge on any atom is 0.407 e. The Hall–Kier alpha value is -4.78. The number of rotatable bonds is 8. The molecule has 3 unspecified atom stereocenters. The number of hydrogen-bond acceptors (Lipinski definition) is 8. The van der Waals surface area contributed by atoms with E-state index in [9.17, 15) is 9.59 Å². The summed E-state index contributed by atoms with van der Waals surface area (Å²) < 4.78 is 7.34. The third-order valence-corrected chi connectivity index (χ3v) is 11.7. The Balaban J connectivity index is 1.000. The summed E-state index contributed by atoms with van der Waals surface area (Å²) in [6, 6.07) is 14.4. The number of carbonyl (C=O) groups excluding carboxylic acids is 2. The number of nitrogens with one attached hydrogen (secondary N) is 4. The van der Waals surface area contributed by atoms with E-state index in [4.69, 9.17) is 14.7 Å². The number of methoxy groups -OCH3 is 1. The van der Waals surface area contributed by atoms with E-state index in [1.165, 1.54) is 38.8 Å². The third kappa shape index (κ3) is 5.83. The van der Waals surface area contributed by atoms with Crippen molar-refractivity contribution in [2.75, 3.05) is 20.2 Å². The lowest BCUT2D eigenvalue weighted by Gasteiger charge is -2.30. The Labute approximate surface area is 291 Å². The topological polar surface area (TPSA) is 128 Å². The number of likely N-dealkylation sites (tertiary alicyclic amines) is 1. The monoisotopic (exact) mass is 691 g/mol. The molecule has 0 aliphatic carbocycles. The summed E-state index contributed by atoms with van der Waals surface area (Å²) in [5.41, 5.74) is 8.78. The van der Waals surface area contributed by atoms with Crippen molar-refractivity contribution < 1.29 is 14.3 Å². The van der Waals surface area contributed by atoms with Gasteiger partial charge in [0.05, 0.1) is 51.5 Å². The molecule has 8 rings (SSSR count). The van der Waals surface area contributed by atoms with Gasteiger partial charge in [0.1, 0.15) is 17.7 Å². The van der Waals surface area contributed by atoms with E-state index >= 15 is 0 Å². The summed E-state index contributed by atoms with van der Waals surface area (Å²) in [5, 5.41) is 10.7. The van der Waals surface area contributed by atoms with Crippen LogP contribution in [-0.4, -0.2) is 63.1 Å². The highest BCUT2D eigenvalue weighted by Gasteiger charge is 2.37. The van der Waals surface area contributed by atoms with Crippen LogP contribution in [0.5, 0.6) is 0 Å². The van der Waals surface area contributed by atoms with Gasteiger partial charge >= 0.3 is 6.09 Å². The molecule has 1 fully saturated rings. The number of amides is 2. The van der Waals surface area contributed by atoms with E-state index in [0.717, 1.165) is 53.3 Å². The minimum Gasteiger partial charge on any atom is -0.453 e. The van der Waals surface area contributed by atoms with Crippen LogP contribution in [0.15, 0.2) is 71.6 Å². The number of aromatic nitrogens is 4. The van der Waals surface area contributed by atoms with Gasteiger partial charge in [-0.15, -0.1) is 22.7 Å². The van der Waals surface area contributed by atoms with Gasteiger partial charge in [-0.05, 0) is 47.6 Å². The summed E-state index contributed by atoms with van der Waals surface area (Å²) in [7, 11) is 1.30. The molecule has 4 aromatic heterocycles. The molecular weight excluding hydrogens is 655 g/mol. The molecule has 250 valence electrons. The van der Waals surface area contributed by atoms with Gasteiger partial charge in [0, 0.05) is 35.0 Å². The number of hydrogen-bond donors (Lipinski definition) is 4. The van der Waals surface area contributed by atoms with E-state index < -0.39 is 12.1 Å². The summed E-state index contributed by atoms with van der Waals surface area (Å²) >= 11 is 3.57. The molecule has 10 nitrogen and oxygen atoms in total. The summed E-state index contributed by atoms with van der Waals surface area (Å²) in [4.78, 5) is 43.8. The molecule has 0 radical (unpaired) electrons. The van der Waals surface area contributed by atoms with Crippen LogP contribution in [0.4, 0.5) is 4.79 Å². The van der Waals surface area contributed by atoms with Crippen LogP contribution in [0.3, 0.4) is 0 Å². The smallest absolute Gasteiger partial charge is 0.407 e. The molecule has 2 aromatic carbocycles. The molecule has 49 heavy (non-hydrogen) atoms. The second-order valence-electron chi connectivity index (χ2n) is 12.9. The first-order chi connectivity index (χ1) is 23.9. The van der Waals surface area contributed by atoms with Gasteiger partial charge in [0.25, 0.3) is 0 Å². The molecule has 12 heteroatoms. The zero-order chi connectivity index (χ0) is 33.6. The van der Waals surface area contributed by atoms with Crippen LogP contribution in [0, 0.1) is 5.92 Å². The third-order valence-electron chi connectivity index (χ3n) is 9.52. The van der Waals surface area contributed by atoms with Crippen molar-refractivity contribution in [1.29, 1.82) is 0 Å². The zero-order valence-electron chi connectivity index (χ0n) is 27.4. The van der Waals surface area contributed by atoms with Crippen LogP contribution in [0.25, 0.3) is 53.9 Å². The van der Waals surface area contributed by atoms with Crippen LogP contribution in [0.1, 0.15) is 50.4 Å². The minimum absolute atomic E-state index is 0.0827. The molecule has 0 bridgehead atoms. The summed E-state index contributed by atoms with van der Waals surface area (Å²) in [6.45, 7) is 5.32. The maximum absolute atomic E-state index is 13.5. The van der Waals surface area contributed by atoms with E-state index in [2.05, 4.69) is 86.0 Å². The fraction of sp³-hybridized carbons (Fsp3) is 0.297. The lowest BCUT2D eigenvalue weighted by Crippen LogP contribution is -2.51. The highest BCUT2D eigenvalue weighted by molar-refractivity contribution is 7.27. The van der Waals surface area contributed by atoms with Crippen molar-refractivity contribution in [3.8, 4) is 33.5 Å². The number of fused-ring (bicyclic) bond motifs is 2. The molecule has 6 aromatic rings.